The van der Waals surface area contributed by atoms with Crippen molar-refractivity contribution >= 4 is 0 Å². The van der Waals surface area contributed by atoms with Crippen LogP contribution >= 0.6 is 0 Å². The maximum atomic E-state index is 5.68. The lowest BCUT2D eigenvalue weighted by molar-refractivity contribution is 0.392. The van der Waals surface area contributed by atoms with Gasteiger partial charge in [-0.1, -0.05) is 53.6 Å². The minimum atomic E-state index is 0.814. The van der Waals surface area contributed by atoms with E-state index in [1.807, 2.05) is 12.1 Å². The molecule has 0 fully saturated rings. The predicted octanol–water partition coefficient (Wildman–Crippen LogP) is 6.61. The van der Waals surface area contributed by atoms with Crippen molar-refractivity contribution in [3.8, 4) is 22.6 Å². The molecule has 0 bridgehead atoms. The van der Waals surface area contributed by atoms with Crippen molar-refractivity contribution in [1.82, 2.24) is 0 Å². The van der Waals surface area contributed by atoms with E-state index in [1.165, 1.54) is 22.3 Å². The lowest BCUT2D eigenvalue weighted by Crippen LogP contribution is -1.97. The maximum Gasteiger partial charge on any atom is 0.126 e. The molecule has 2 heteroatoms. The second-order valence-electron chi connectivity index (χ2n) is 6.80. The summed E-state index contributed by atoms with van der Waals surface area (Å²) in [5.41, 5.74) is 6.31. The first-order valence-electron chi connectivity index (χ1n) is 9.14. The predicted molar refractivity (Wildman–Crippen MR) is 111 cm³/mol. The third-order valence-electron chi connectivity index (χ3n) is 4.47. The number of hydrogen-bond acceptors (Lipinski definition) is 2. The Kier molecular flexibility index (Phi) is 7.53. The van der Waals surface area contributed by atoms with Crippen LogP contribution in [-0.4, -0.2) is 14.2 Å². The first-order valence-corrected chi connectivity index (χ1v) is 9.14. The van der Waals surface area contributed by atoms with Gasteiger partial charge in [0, 0.05) is 11.6 Å². The standard InChI is InChI=1S/C24H30O2/c1-18(2)10-9-11-19(3)14-15-22-23(20-12-7-6-8-13-20)16-21(25-4)17-24(22)26-5/h6-8,10,12-14,16-17H,9,11,15H2,1-5H3. The van der Waals surface area contributed by atoms with Gasteiger partial charge < -0.3 is 9.47 Å². The Bertz CT molecular complexity index is 766. The zero-order valence-corrected chi connectivity index (χ0v) is 16.6. The molecular formula is C24H30O2. The molecule has 2 nitrogen and oxygen atoms in total. The van der Waals surface area contributed by atoms with E-state index in [0.29, 0.717) is 0 Å². The second kappa shape index (κ2) is 9.86. The molecule has 2 rings (SSSR count). The summed E-state index contributed by atoms with van der Waals surface area (Å²) < 4.78 is 11.1. The highest BCUT2D eigenvalue weighted by molar-refractivity contribution is 5.72. The van der Waals surface area contributed by atoms with Crippen molar-refractivity contribution in [3.05, 3.63) is 71.3 Å². The van der Waals surface area contributed by atoms with Gasteiger partial charge in [0.05, 0.1) is 14.2 Å². The van der Waals surface area contributed by atoms with E-state index in [-0.39, 0.29) is 0 Å². The zero-order chi connectivity index (χ0) is 18.9. The Morgan fingerprint density at radius 2 is 1.65 bits per heavy atom. The third-order valence-corrected chi connectivity index (χ3v) is 4.47. The van der Waals surface area contributed by atoms with E-state index in [4.69, 9.17) is 9.47 Å². The molecule has 138 valence electrons. The summed E-state index contributed by atoms with van der Waals surface area (Å²) in [5, 5.41) is 0. The van der Waals surface area contributed by atoms with E-state index in [2.05, 4.69) is 63.3 Å². The summed E-state index contributed by atoms with van der Waals surface area (Å²) >= 11 is 0. The second-order valence-corrected chi connectivity index (χ2v) is 6.80. The van der Waals surface area contributed by atoms with E-state index in [1.54, 1.807) is 14.2 Å². The SMILES string of the molecule is COc1cc(OC)c(CC=C(C)CCC=C(C)C)c(-c2ccccc2)c1. The van der Waals surface area contributed by atoms with Crippen molar-refractivity contribution in [3.63, 3.8) is 0 Å². The molecule has 0 saturated heterocycles. The van der Waals surface area contributed by atoms with Crippen LogP contribution in [0.5, 0.6) is 11.5 Å². The van der Waals surface area contributed by atoms with Gasteiger partial charge in [-0.15, -0.1) is 0 Å². The van der Waals surface area contributed by atoms with Crippen molar-refractivity contribution in [2.45, 2.75) is 40.0 Å². The van der Waals surface area contributed by atoms with E-state index in [9.17, 15) is 0 Å². The first kappa shape index (κ1) is 19.8. The van der Waals surface area contributed by atoms with Gasteiger partial charge in [-0.05, 0) is 57.2 Å². The Balaban J connectivity index is 2.35. The number of ether oxygens (including phenoxy) is 2. The van der Waals surface area contributed by atoms with Crippen LogP contribution in [0.4, 0.5) is 0 Å². The van der Waals surface area contributed by atoms with Crippen molar-refractivity contribution in [2.24, 2.45) is 0 Å². The largest absolute Gasteiger partial charge is 0.497 e. The fourth-order valence-corrected chi connectivity index (χ4v) is 2.97. The maximum absolute atomic E-state index is 5.68. The summed E-state index contributed by atoms with van der Waals surface area (Å²) in [6, 6.07) is 14.5. The molecule has 0 heterocycles. The lowest BCUT2D eigenvalue weighted by Gasteiger charge is -2.16. The van der Waals surface area contributed by atoms with Gasteiger partial charge in [-0.25, -0.2) is 0 Å². The van der Waals surface area contributed by atoms with Crippen LogP contribution in [0.25, 0.3) is 11.1 Å². The normalized spacial score (nSPS) is 11.2. The first-order chi connectivity index (χ1) is 12.5. The summed E-state index contributed by atoms with van der Waals surface area (Å²) in [6.07, 6.45) is 7.63. The van der Waals surface area contributed by atoms with Gasteiger partial charge in [0.2, 0.25) is 0 Å². The molecule has 0 N–H and O–H groups in total. The van der Waals surface area contributed by atoms with Gasteiger partial charge in [-0.2, -0.15) is 0 Å². The van der Waals surface area contributed by atoms with Crippen molar-refractivity contribution < 1.29 is 9.47 Å². The Morgan fingerprint density at radius 1 is 0.923 bits per heavy atom. The van der Waals surface area contributed by atoms with Crippen molar-refractivity contribution in [1.29, 1.82) is 0 Å². The highest BCUT2D eigenvalue weighted by atomic mass is 16.5. The molecule has 0 saturated carbocycles. The fourth-order valence-electron chi connectivity index (χ4n) is 2.97. The van der Waals surface area contributed by atoms with Gasteiger partial charge in [0.25, 0.3) is 0 Å². The van der Waals surface area contributed by atoms with Crippen molar-refractivity contribution in [2.75, 3.05) is 14.2 Å². The highest BCUT2D eigenvalue weighted by Gasteiger charge is 2.13. The fraction of sp³-hybridized carbons (Fsp3) is 0.333. The molecule has 2 aromatic carbocycles. The van der Waals surface area contributed by atoms with Crippen LogP contribution in [0.1, 0.15) is 39.2 Å². The molecule has 0 aliphatic carbocycles. The van der Waals surface area contributed by atoms with Gasteiger partial charge in [0.1, 0.15) is 11.5 Å². The summed E-state index contributed by atoms with van der Waals surface area (Å²) in [4.78, 5) is 0. The van der Waals surface area contributed by atoms with E-state index in [0.717, 1.165) is 36.3 Å². The van der Waals surface area contributed by atoms with E-state index < -0.39 is 0 Å². The number of benzene rings is 2. The monoisotopic (exact) mass is 350 g/mol. The molecule has 0 radical (unpaired) electrons. The Morgan fingerprint density at radius 3 is 2.27 bits per heavy atom. The van der Waals surface area contributed by atoms with Crippen LogP contribution in [0.15, 0.2) is 65.8 Å². The minimum Gasteiger partial charge on any atom is -0.497 e. The smallest absolute Gasteiger partial charge is 0.126 e. The average Bonchev–Trinajstić information content (AvgIpc) is 2.66. The zero-order valence-electron chi connectivity index (χ0n) is 16.6. The van der Waals surface area contributed by atoms with Crippen LogP contribution in [0, 0.1) is 0 Å². The van der Waals surface area contributed by atoms with Crippen LogP contribution in [0.2, 0.25) is 0 Å². The molecular weight excluding hydrogens is 320 g/mol. The molecule has 0 unspecified atom stereocenters. The lowest BCUT2D eigenvalue weighted by atomic mass is 9.95. The number of methoxy groups -OCH3 is 2. The molecule has 0 atom stereocenters. The number of hydrogen-bond donors (Lipinski definition) is 0. The van der Waals surface area contributed by atoms with Crippen LogP contribution in [0.3, 0.4) is 0 Å². The third kappa shape index (κ3) is 5.52. The number of allylic oxidation sites excluding steroid dienone is 4. The van der Waals surface area contributed by atoms with Gasteiger partial charge >= 0.3 is 0 Å². The molecule has 0 aliphatic heterocycles. The molecule has 0 spiro atoms. The Hall–Kier alpha value is -2.48. The molecule has 0 amide bonds. The molecule has 0 aromatic heterocycles. The quantitative estimate of drug-likeness (QED) is 0.499. The Labute approximate surface area is 158 Å². The number of rotatable bonds is 8. The van der Waals surface area contributed by atoms with Crippen LogP contribution < -0.4 is 9.47 Å². The van der Waals surface area contributed by atoms with E-state index >= 15 is 0 Å². The summed E-state index contributed by atoms with van der Waals surface area (Å²) in [7, 11) is 3.41. The van der Waals surface area contributed by atoms with Gasteiger partial charge in [-0.3, -0.25) is 0 Å². The average molecular weight is 351 g/mol. The summed E-state index contributed by atoms with van der Waals surface area (Å²) in [6.45, 7) is 6.50. The van der Waals surface area contributed by atoms with Gasteiger partial charge in [0.15, 0.2) is 0 Å². The minimum absolute atomic E-state index is 0.814. The highest BCUT2D eigenvalue weighted by Crippen LogP contribution is 2.36. The summed E-state index contributed by atoms with van der Waals surface area (Å²) in [5.74, 6) is 1.69. The molecule has 26 heavy (non-hydrogen) atoms. The topological polar surface area (TPSA) is 18.5 Å². The molecule has 0 aliphatic rings. The van der Waals surface area contributed by atoms with Crippen LogP contribution in [-0.2, 0) is 6.42 Å². The molecule has 2 aromatic rings.